The van der Waals surface area contributed by atoms with Gasteiger partial charge in [-0.3, -0.25) is 9.69 Å². The van der Waals surface area contributed by atoms with Gasteiger partial charge in [-0.1, -0.05) is 74.0 Å². The van der Waals surface area contributed by atoms with Crippen LogP contribution in [0, 0.1) is 6.92 Å². The maximum Gasteiger partial charge on any atom is 0.237 e. The zero-order chi connectivity index (χ0) is 20.0. The van der Waals surface area contributed by atoms with Gasteiger partial charge in [0.05, 0.1) is 6.04 Å². The van der Waals surface area contributed by atoms with Crippen LogP contribution in [0.2, 0.25) is 0 Å². The summed E-state index contributed by atoms with van der Waals surface area (Å²) in [5.74, 6) is 0.0933. The fourth-order valence-electron chi connectivity index (χ4n) is 3.15. The van der Waals surface area contributed by atoms with Crippen molar-refractivity contribution in [2.45, 2.75) is 58.5 Å². The van der Waals surface area contributed by atoms with Gasteiger partial charge in [-0.25, -0.2) is 0 Å². The number of carbonyl (C=O) groups is 1. The van der Waals surface area contributed by atoms with Crippen molar-refractivity contribution < 1.29 is 4.79 Å². The third-order valence-electron chi connectivity index (χ3n) is 5.42. The standard InChI is InChI=1S/C24H34N2O/c1-18(2)26(6)22(16-20-14-12-19(3)13-15-20)23(27)25-17-24(4,5)21-10-8-7-9-11-21/h7-15,18,22H,16-17H2,1-6H3,(H,25,27). The lowest BCUT2D eigenvalue weighted by Crippen LogP contribution is -2.51. The van der Waals surface area contributed by atoms with E-state index in [2.05, 4.69) is 81.2 Å². The van der Waals surface area contributed by atoms with E-state index in [4.69, 9.17) is 0 Å². The second-order valence-electron chi connectivity index (χ2n) is 8.43. The van der Waals surface area contributed by atoms with Crippen molar-refractivity contribution in [2.75, 3.05) is 13.6 Å². The molecule has 2 aromatic carbocycles. The maximum absolute atomic E-state index is 13.1. The summed E-state index contributed by atoms with van der Waals surface area (Å²) in [5.41, 5.74) is 3.55. The highest BCUT2D eigenvalue weighted by Crippen LogP contribution is 2.22. The lowest BCUT2D eigenvalue weighted by molar-refractivity contribution is -0.126. The lowest BCUT2D eigenvalue weighted by atomic mass is 9.84. The molecule has 1 unspecified atom stereocenters. The monoisotopic (exact) mass is 366 g/mol. The highest BCUT2D eigenvalue weighted by atomic mass is 16.2. The van der Waals surface area contributed by atoms with Crippen molar-refractivity contribution in [3.63, 3.8) is 0 Å². The largest absolute Gasteiger partial charge is 0.354 e. The second-order valence-corrected chi connectivity index (χ2v) is 8.43. The first kappa shape index (κ1) is 21.2. The first-order valence-corrected chi connectivity index (χ1v) is 9.81. The number of amides is 1. The van der Waals surface area contributed by atoms with Gasteiger partial charge < -0.3 is 5.32 Å². The predicted octanol–water partition coefficient (Wildman–Crippen LogP) is 4.34. The minimum absolute atomic E-state index is 0.0933. The van der Waals surface area contributed by atoms with Gasteiger partial charge >= 0.3 is 0 Å². The zero-order valence-electron chi connectivity index (χ0n) is 17.6. The molecule has 0 spiro atoms. The van der Waals surface area contributed by atoms with Gasteiger partial charge in [-0.2, -0.15) is 0 Å². The molecule has 3 heteroatoms. The average molecular weight is 367 g/mol. The number of hydrogen-bond donors (Lipinski definition) is 1. The number of nitrogens with zero attached hydrogens (tertiary/aromatic N) is 1. The lowest BCUT2D eigenvalue weighted by Gasteiger charge is -2.32. The predicted molar refractivity (Wildman–Crippen MR) is 114 cm³/mol. The Balaban J connectivity index is 2.10. The Morgan fingerprint density at radius 3 is 2.19 bits per heavy atom. The van der Waals surface area contributed by atoms with E-state index in [9.17, 15) is 4.79 Å². The zero-order valence-corrected chi connectivity index (χ0v) is 17.6. The van der Waals surface area contributed by atoms with Gasteiger partial charge in [0.2, 0.25) is 5.91 Å². The quantitative estimate of drug-likeness (QED) is 0.754. The Bertz CT molecular complexity index is 720. The summed E-state index contributed by atoms with van der Waals surface area (Å²) in [6.07, 6.45) is 0.715. The highest BCUT2D eigenvalue weighted by Gasteiger charge is 2.28. The van der Waals surface area contributed by atoms with E-state index in [0.717, 1.165) is 0 Å². The number of aryl methyl sites for hydroxylation is 1. The van der Waals surface area contributed by atoms with Gasteiger partial charge in [-0.05, 0) is 45.4 Å². The molecule has 3 nitrogen and oxygen atoms in total. The molecule has 2 aromatic rings. The van der Waals surface area contributed by atoms with Crippen LogP contribution in [0.3, 0.4) is 0 Å². The fourth-order valence-corrected chi connectivity index (χ4v) is 3.15. The smallest absolute Gasteiger partial charge is 0.237 e. The number of benzene rings is 2. The summed E-state index contributed by atoms with van der Waals surface area (Å²) in [7, 11) is 2.03. The molecule has 0 aliphatic rings. The van der Waals surface area contributed by atoms with E-state index < -0.39 is 0 Å². The first-order valence-electron chi connectivity index (χ1n) is 9.81. The van der Waals surface area contributed by atoms with E-state index >= 15 is 0 Å². The van der Waals surface area contributed by atoms with E-state index in [1.54, 1.807) is 0 Å². The molecule has 0 aromatic heterocycles. The summed E-state index contributed by atoms with van der Waals surface area (Å²) >= 11 is 0. The maximum atomic E-state index is 13.1. The molecule has 2 rings (SSSR count). The van der Waals surface area contributed by atoms with Crippen molar-refractivity contribution >= 4 is 5.91 Å². The molecule has 0 radical (unpaired) electrons. The van der Waals surface area contributed by atoms with Gasteiger partial charge in [0.25, 0.3) is 0 Å². The van der Waals surface area contributed by atoms with E-state index in [1.165, 1.54) is 16.7 Å². The summed E-state index contributed by atoms with van der Waals surface area (Å²) in [6, 6.07) is 18.9. The van der Waals surface area contributed by atoms with E-state index in [0.29, 0.717) is 19.0 Å². The molecular formula is C24H34N2O. The Morgan fingerprint density at radius 1 is 1.04 bits per heavy atom. The van der Waals surface area contributed by atoms with Gasteiger partial charge in [0.1, 0.15) is 0 Å². The van der Waals surface area contributed by atoms with Crippen LogP contribution < -0.4 is 5.32 Å². The van der Waals surface area contributed by atoms with Crippen molar-refractivity contribution in [1.29, 1.82) is 0 Å². The fraction of sp³-hybridized carbons (Fsp3) is 0.458. The summed E-state index contributed by atoms with van der Waals surface area (Å²) in [6.45, 7) is 11.3. The average Bonchev–Trinajstić information content (AvgIpc) is 2.66. The number of hydrogen-bond acceptors (Lipinski definition) is 2. The van der Waals surface area contributed by atoms with Crippen molar-refractivity contribution in [3.05, 3.63) is 71.3 Å². The molecule has 27 heavy (non-hydrogen) atoms. The summed E-state index contributed by atoms with van der Waals surface area (Å²) in [4.78, 5) is 15.2. The van der Waals surface area contributed by atoms with E-state index in [1.807, 2.05) is 25.2 Å². The summed E-state index contributed by atoms with van der Waals surface area (Å²) in [5, 5.41) is 3.21. The summed E-state index contributed by atoms with van der Waals surface area (Å²) < 4.78 is 0. The van der Waals surface area contributed by atoms with Crippen LogP contribution in [0.25, 0.3) is 0 Å². The number of rotatable bonds is 8. The van der Waals surface area contributed by atoms with Crippen LogP contribution in [-0.2, 0) is 16.6 Å². The van der Waals surface area contributed by atoms with Crippen LogP contribution in [0.4, 0.5) is 0 Å². The van der Waals surface area contributed by atoms with Crippen LogP contribution in [0.15, 0.2) is 54.6 Å². The first-order chi connectivity index (χ1) is 12.7. The number of likely N-dealkylation sites (N-methyl/N-ethyl adjacent to an activating group) is 1. The van der Waals surface area contributed by atoms with Crippen molar-refractivity contribution in [2.24, 2.45) is 0 Å². The molecule has 1 atom stereocenters. The molecular weight excluding hydrogens is 332 g/mol. The normalized spacial score (nSPS) is 13.0. The Hall–Kier alpha value is -2.13. The molecule has 1 N–H and O–H groups in total. The Kier molecular flexibility index (Phi) is 7.20. The van der Waals surface area contributed by atoms with Crippen LogP contribution >= 0.6 is 0 Å². The Labute approximate surface area is 164 Å². The third kappa shape index (κ3) is 5.93. The number of carbonyl (C=O) groups excluding carboxylic acids is 1. The SMILES string of the molecule is Cc1ccc(CC(C(=O)NCC(C)(C)c2ccccc2)N(C)C(C)C)cc1. The molecule has 0 heterocycles. The van der Waals surface area contributed by atoms with Crippen LogP contribution in [0.5, 0.6) is 0 Å². The van der Waals surface area contributed by atoms with Gasteiger partial charge in [0, 0.05) is 18.0 Å². The van der Waals surface area contributed by atoms with Crippen molar-refractivity contribution in [1.82, 2.24) is 10.2 Å². The number of nitrogens with one attached hydrogen (secondary N) is 1. The molecule has 0 saturated heterocycles. The van der Waals surface area contributed by atoms with E-state index in [-0.39, 0.29) is 17.4 Å². The molecule has 0 bridgehead atoms. The highest BCUT2D eigenvalue weighted by molar-refractivity contribution is 5.82. The molecule has 0 fully saturated rings. The molecule has 0 aliphatic carbocycles. The minimum Gasteiger partial charge on any atom is -0.354 e. The second kappa shape index (κ2) is 9.18. The van der Waals surface area contributed by atoms with Crippen molar-refractivity contribution in [3.8, 4) is 0 Å². The minimum atomic E-state index is -0.181. The van der Waals surface area contributed by atoms with Gasteiger partial charge in [-0.15, -0.1) is 0 Å². The van der Waals surface area contributed by atoms with Crippen LogP contribution in [-0.4, -0.2) is 36.5 Å². The van der Waals surface area contributed by atoms with Crippen LogP contribution in [0.1, 0.15) is 44.4 Å². The topological polar surface area (TPSA) is 32.3 Å². The molecule has 0 saturated carbocycles. The Morgan fingerprint density at radius 2 is 1.63 bits per heavy atom. The molecule has 0 aliphatic heterocycles. The third-order valence-corrected chi connectivity index (χ3v) is 5.42. The molecule has 1 amide bonds. The van der Waals surface area contributed by atoms with Gasteiger partial charge in [0.15, 0.2) is 0 Å². The molecule has 146 valence electrons.